The Kier molecular flexibility index (Phi) is 4.42. The molecule has 3 aromatic rings. The highest BCUT2D eigenvalue weighted by Gasteiger charge is 2.07. The van der Waals surface area contributed by atoms with Crippen LogP contribution in [0.5, 0.6) is 0 Å². The van der Waals surface area contributed by atoms with Gasteiger partial charge in [0.1, 0.15) is 0 Å². The monoisotopic (exact) mass is 298 g/mol. The Morgan fingerprint density at radius 3 is 2.81 bits per heavy atom. The zero-order valence-corrected chi connectivity index (χ0v) is 13.5. The summed E-state index contributed by atoms with van der Waals surface area (Å²) in [5.41, 5.74) is 2.76. The Balaban J connectivity index is 1.84. The largest absolute Gasteiger partial charge is 0.347 e. The van der Waals surface area contributed by atoms with Gasteiger partial charge in [-0.25, -0.2) is 0 Å². The Labute approximate surface area is 130 Å². The number of aromatic nitrogens is 1. The average Bonchev–Trinajstić information content (AvgIpc) is 3.12. The summed E-state index contributed by atoms with van der Waals surface area (Å²) < 4.78 is 2.40. The molecule has 0 saturated carbocycles. The molecule has 0 saturated heterocycles. The van der Waals surface area contributed by atoms with E-state index in [1.165, 1.54) is 21.3 Å². The normalized spacial score (nSPS) is 11.6. The highest BCUT2D eigenvalue weighted by molar-refractivity contribution is 7.09. The predicted octanol–water partition coefficient (Wildman–Crippen LogP) is 4.44. The van der Waals surface area contributed by atoms with Gasteiger partial charge in [0.05, 0.1) is 5.52 Å². The van der Waals surface area contributed by atoms with Crippen molar-refractivity contribution in [3.05, 3.63) is 58.4 Å². The second-order valence-corrected chi connectivity index (χ2v) is 6.76. The maximum atomic E-state index is 3.53. The molecule has 0 amide bonds. The number of para-hydroxylation sites is 1. The zero-order chi connectivity index (χ0) is 14.7. The van der Waals surface area contributed by atoms with Crippen LogP contribution < -0.4 is 5.32 Å². The number of nitrogens with one attached hydrogen (secondary N) is 1. The van der Waals surface area contributed by atoms with Crippen LogP contribution in [0.15, 0.2) is 48.0 Å². The van der Waals surface area contributed by atoms with E-state index in [2.05, 4.69) is 71.7 Å². The molecule has 0 atom stereocenters. The third-order valence-electron chi connectivity index (χ3n) is 3.75. The minimum absolute atomic E-state index is 0.509. The van der Waals surface area contributed by atoms with Crippen molar-refractivity contribution in [3.8, 4) is 0 Å². The molecular weight excluding hydrogens is 276 g/mol. The summed E-state index contributed by atoms with van der Waals surface area (Å²) in [6.45, 7) is 6.35. The molecule has 0 aliphatic rings. The van der Waals surface area contributed by atoms with E-state index >= 15 is 0 Å². The van der Waals surface area contributed by atoms with Gasteiger partial charge in [-0.3, -0.25) is 0 Å². The highest BCUT2D eigenvalue weighted by Crippen LogP contribution is 2.21. The topological polar surface area (TPSA) is 17.0 Å². The second-order valence-electron chi connectivity index (χ2n) is 5.73. The first kappa shape index (κ1) is 14.4. The summed E-state index contributed by atoms with van der Waals surface area (Å²) in [7, 11) is 0. The number of rotatable bonds is 6. The molecule has 0 aliphatic carbocycles. The van der Waals surface area contributed by atoms with Crippen molar-refractivity contribution in [2.75, 3.05) is 0 Å². The molecule has 110 valence electrons. The van der Waals surface area contributed by atoms with E-state index in [1.54, 1.807) is 0 Å². The zero-order valence-electron chi connectivity index (χ0n) is 12.7. The van der Waals surface area contributed by atoms with E-state index < -0.39 is 0 Å². The number of fused-ring (bicyclic) bond motifs is 1. The molecule has 3 rings (SSSR count). The van der Waals surface area contributed by atoms with Crippen molar-refractivity contribution in [1.82, 2.24) is 9.88 Å². The van der Waals surface area contributed by atoms with Crippen molar-refractivity contribution in [1.29, 1.82) is 0 Å². The molecule has 0 radical (unpaired) electrons. The predicted molar refractivity (Wildman–Crippen MR) is 91.9 cm³/mol. The Morgan fingerprint density at radius 2 is 2.05 bits per heavy atom. The van der Waals surface area contributed by atoms with Crippen LogP contribution in [-0.4, -0.2) is 10.6 Å². The van der Waals surface area contributed by atoms with Gasteiger partial charge in [-0.2, -0.15) is 0 Å². The second kappa shape index (κ2) is 6.46. The molecule has 0 fully saturated rings. The van der Waals surface area contributed by atoms with E-state index in [1.807, 2.05) is 11.3 Å². The first-order valence-corrected chi connectivity index (χ1v) is 8.44. The standard InChI is InChI=1S/C18H22N2S/c1-14(2)19-13-16-6-3-5-15-8-10-20(18(15)16)11-9-17-7-4-12-21-17/h3-8,10,12,14,19H,9,11,13H2,1-2H3. The number of benzene rings is 1. The quantitative estimate of drug-likeness (QED) is 0.711. The van der Waals surface area contributed by atoms with Crippen molar-refractivity contribution < 1.29 is 0 Å². The highest BCUT2D eigenvalue weighted by atomic mass is 32.1. The lowest BCUT2D eigenvalue weighted by molar-refractivity contribution is 0.588. The molecule has 2 aromatic heterocycles. The van der Waals surface area contributed by atoms with Gasteiger partial charge < -0.3 is 9.88 Å². The molecule has 0 spiro atoms. The third kappa shape index (κ3) is 3.36. The van der Waals surface area contributed by atoms with E-state index in [-0.39, 0.29) is 0 Å². The summed E-state index contributed by atoms with van der Waals surface area (Å²) in [6.07, 6.45) is 3.32. The van der Waals surface area contributed by atoms with Crippen LogP contribution in [0.25, 0.3) is 10.9 Å². The van der Waals surface area contributed by atoms with Crippen LogP contribution in [0.2, 0.25) is 0 Å². The lowest BCUT2D eigenvalue weighted by Gasteiger charge is -2.12. The van der Waals surface area contributed by atoms with E-state index in [0.717, 1.165) is 19.5 Å². The molecule has 1 aromatic carbocycles. The minimum Gasteiger partial charge on any atom is -0.347 e. The fourth-order valence-electron chi connectivity index (χ4n) is 2.67. The average molecular weight is 298 g/mol. The van der Waals surface area contributed by atoms with Crippen LogP contribution in [-0.2, 0) is 19.5 Å². The molecule has 2 nitrogen and oxygen atoms in total. The van der Waals surface area contributed by atoms with Crippen LogP contribution in [0.3, 0.4) is 0 Å². The fraction of sp³-hybridized carbons (Fsp3) is 0.333. The van der Waals surface area contributed by atoms with Gasteiger partial charge in [0.15, 0.2) is 0 Å². The van der Waals surface area contributed by atoms with Gasteiger partial charge in [0.2, 0.25) is 0 Å². The summed E-state index contributed by atoms with van der Waals surface area (Å²) in [6, 6.07) is 13.7. The molecule has 2 heterocycles. The summed E-state index contributed by atoms with van der Waals surface area (Å²) in [5, 5.41) is 7.02. The van der Waals surface area contributed by atoms with Crippen LogP contribution in [0.1, 0.15) is 24.3 Å². The maximum Gasteiger partial charge on any atom is 0.0525 e. The van der Waals surface area contributed by atoms with Gasteiger partial charge >= 0.3 is 0 Å². The fourth-order valence-corrected chi connectivity index (χ4v) is 3.37. The number of nitrogens with zero attached hydrogens (tertiary/aromatic N) is 1. The Bertz CT molecular complexity index is 695. The molecule has 0 unspecified atom stereocenters. The molecule has 3 heteroatoms. The van der Waals surface area contributed by atoms with Crippen molar-refractivity contribution in [2.24, 2.45) is 0 Å². The van der Waals surface area contributed by atoms with Crippen LogP contribution in [0, 0.1) is 0 Å². The van der Waals surface area contributed by atoms with E-state index in [0.29, 0.717) is 6.04 Å². The SMILES string of the molecule is CC(C)NCc1cccc2ccn(CCc3cccs3)c12. The van der Waals surface area contributed by atoms with E-state index in [9.17, 15) is 0 Å². The number of thiophene rings is 1. The molecule has 0 aliphatic heterocycles. The van der Waals surface area contributed by atoms with Gasteiger partial charge in [-0.05, 0) is 34.9 Å². The molecular formula is C18H22N2S. The summed E-state index contributed by atoms with van der Waals surface area (Å²) in [4.78, 5) is 1.45. The van der Waals surface area contributed by atoms with Gasteiger partial charge in [0, 0.05) is 30.2 Å². The molecule has 21 heavy (non-hydrogen) atoms. The smallest absolute Gasteiger partial charge is 0.0525 e. The third-order valence-corrected chi connectivity index (χ3v) is 4.69. The Hall–Kier alpha value is -1.58. The van der Waals surface area contributed by atoms with Crippen molar-refractivity contribution >= 4 is 22.2 Å². The summed E-state index contributed by atoms with van der Waals surface area (Å²) >= 11 is 1.84. The van der Waals surface area contributed by atoms with Crippen molar-refractivity contribution in [2.45, 2.75) is 39.4 Å². The number of hydrogen-bond acceptors (Lipinski definition) is 2. The minimum atomic E-state index is 0.509. The van der Waals surface area contributed by atoms with Gasteiger partial charge in [-0.15, -0.1) is 11.3 Å². The van der Waals surface area contributed by atoms with Crippen LogP contribution in [0.4, 0.5) is 0 Å². The number of aryl methyl sites for hydroxylation is 2. The first-order valence-electron chi connectivity index (χ1n) is 7.56. The van der Waals surface area contributed by atoms with Gasteiger partial charge in [0.25, 0.3) is 0 Å². The van der Waals surface area contributed by atoms with Crippen molar-refractivity contribution in [3.63, 3.8) is 0 Å². The lowest BCUT2D eigenvalue weighted by Crippen LogP contribution is -2.22. The summed E-state index contributed by atoms with van der Waals surface area (Å²) in [5.74, 6) is 0. The molecule has 1 N–H and O–H groups in total. The van der Waals surface area contributed by atoms with E-state index in [4.69, 9.17) is 0 Å². The number of hydrogen-bond donors (Lipinski definition) is 1. The first-order chi connectivity index (χ1) is 10.2. The maximum absolute atomic E-state index is 3.53. The lowest BCUT2D eigenvalue weighted by atomic mass is 10.1. The Morgan fingerprint density at radius 1 is 1.14 bits per heavy atom. The van der Waals surface area contributed by atoms with Crippen LogP contribution >= 0.6 is 11.3 Å². The van der Waals surface area contributed by atoms with Gasteiger partial charge in [-0.1, -0.05) is 38.1 Å². The molecule has 0 bridgehead atoms.